The lowest BCUT2D eigenvalue weighted by atomic mass is 9.85. The Labute approximate surface area is 225 Å². The van der Waals surface area contributed by atoms with E-state index in [4.69, 9.17) is 0 Å². The predicted molar refractivity (Wildman–Crippen MR) is 142 cm³/mol. The lowest BCUT2D eigenvalue weighted by Crippen LogP contribution is -2.45. The van der Waals surface area contributed by atoms with Crippen molar-refractivity contribution in [1.29, 1.82) is 0 Å². The molecule has 0 bridgehead atoms. The number of thiophene rings is 1. The maximum atomic E-state index is 15.5. The molecule has 0 amide bonds. The number of allylic oxidation sites excluding steroid dienone is 2. The molecule has 2 rings (SSSR count). The normalized spacial score (nSPS) is 21.6. The Kier molecular flexibility index (Phi) is 13.4. The molecule has 1 aromatic heterocycles. The minimum absolute atomic E-state index is 0.0979. The number of alkyl halides is 4. The van der Waals surface area contributed by atoms with E-state index in [1.165, 1.54) is 77.6 Å². The van der Waals surface area contributed by atoms with E-state index in [1.54, 1.807) is 0 Å². The summed E-state index contributed by atoms with van der Waals surface area (Å²) < 4.78 is 86.4. The van der Waals surface area contributed by atoms with E-state index in [2.05, 4.69) is 22.9 Å². The molecular formula is C28H41BrF6S. The van der Waals surface area contributed by atoms with Crippen LogP contribution >= 0.6 is 27.3 Å². The highest BCUT2D eigenvalue weighted by Crippen LogP contribution is 2.60. The maximum absolute atomic E-state index is 15.5. The molecule has 2 atom stereocenters. The fourth-order valence-corrected chi connectivity index (χ4v) is 7.24. The Morgan fingerprint density at radius 2 is 1.17 bits per heavy atom. The molecule has 0 nitrogen and oxygen atoms in total. The Morgan fingerprint density at radius 1 is 0.750 bits per heavy atom. The molecule has 1 aliphatic rings. The first-order valence-electron chi connectivity index (χ1n) is 13.6. The monoisotopic (exact) mass is 602 g/mol. The van der Waals surface area contributed by atoms with E-state index in [9.17, 15) is 22.0 Å². The second kappa shape index (κ2) is 15.2. The number of unbranched alkanes of at least 4 members (excludes halogenated alkanes) is 15. The third-order valence-corrected chi connectivity index (χ3v) is 9.19. The zero-order chi connectivity index (χ0) is 26.8. The molecule has 2 unspecified atom stereocenters. The molecule has 0 saturated heterocycles. The van der Waals surface area contributed by atoms with E-state index in [-0.39, 0.29) is 16.9 Å². The number of rotatable bonds is 18. The summed E-state index contributed by atoms with van der Waals surface area (Å²) >= 11 is 4.25. The molecule has 0 radical (unpaired) electrons. The summed E-state index contributed by atoms with van der Waals surface area (Å²) in [5, 5.41) is 0. The van der Waals surface area contributed by atoms with Gasteiger partial charge in [-0.25, -0.2) is 17.6 Å². The first-order valence-corrected chi connectivity index (χ1v) is 15.3. The van der Waals surface area contributed by atoms with Crippen molar-refractivity contribution in [2.75, 3.05) is 0 Å². The average Bonchev–Trinajstić information content (AvgIpc) is 3.19. The van der Waals surface area contributed by atoms with Crippen LogP contribution in [0, 0.1) is 6.92 Å². The van der Waals surface area contributed by atoms with Crippen molar-refractivity contribution in [2.45, 2.75) is 141 Å². The number of hydrogen-bond donors (Lipinski definition) is 0. The van der Waals surface area contributed by atoms with Crippen LogP contribution in [-0.2, 0) is 12.1 Å². The molecule has 1 aliphatic carbocycles. The molecule has 0 spiro atoms. The van der Waals surface area contributed by atoms with Gasteiger partial charge in [-0.15, -0.1) is 11.3 Å². The average molecular weight is 604 g/mol. The smallest absolute Gasteiger partial charge is 0.235 e. The Hall–Kier alpha value is -0.500. The summed E-state index contributed by atoms with van der Waals surface area (Å²) in [5.41, 5.74) is -4.49. The number of halogens is 7. The predicted octanol–water partition coefficient (Wildman–Crippen LogP) is 11.9. The third kappa shape index (κ3) is 7.54. The van der Waals surface area contributed by atoms with Crippen LogP contribution < -0.4 is 0 Å². The van der Waals surface area contributed by atoms with Crippen LogP contribution in [0.15, 0.2) is 15.4 Å². The molecule has 208 valence electrons. The van der Waals surface area contributed by atoms with Crippen LogP contribution in [0.25, 0.3) is 0 Å². The molecule has 1 aromatic rings. The van der Waals surface area contributed by atoms with Crippen molar-refractivity contribution in [3.8, 4) is 0 Å². The largest absolute Gasteiger partial charge is 0.342 e. The van der Waals surface area contributed by atoms with Gasteiger partial charge in [-0.2, -0.15) is 8.78 Å². The first-order chi connectivity index (χ1) is 17.1. The third-order valence-electron chi connectivity index (χ3n) is 7.29. The van der Waals surface area contributed by atoms with E-state index in [0.717, 1.165) is 37.0 Å². The van der Waals surface area contributed by atoms with E-state index in [1.807, 2.05) is 0 Å². The van der Waals surface area contributed by atoms with Gasteiger partial charge in [-0.05, 0) is 41.3 Å². The Balaban J connectivity index is 1.68. The van der Waals surface area contributed by atoms with Gasteiger partial charge in [0.2, 0.25) is 11.5 Å². The van der Waals surface area contributed by atoms with E-state index in [0.29, 0.717) is 10.2 Å². The highest BCUT2D eigenvalue weighted by molar-refractivity contribution is 9.11. The van der Waals surface area contributed by atoms with Crippen LogP contribution in [0.1, 0.15) is 126 Å². The van der Waals surface area contributed by atoms with Gasteiger partial charge >= 0.3 is 5.92 Å². The maximum Gasteiger partial charge on any atom is 0.342 e. The van der Waals surface area contributed by atoms with Gasteiger partial charge in [-0.1, -0.05) is 103 Å². The lowest BCUT2D eigenvalue weighted by Gasteiger charge is -2.30. The van der Waals surface area contributed by atoms with Gasteiger partial charge < -0.3 is 0 Å². The molecule has 0 N–H and O–H groups in total. The van der Waals surface area contributed by atoms with Gasteiger partial charge in [0.05, 0.1) is 3.79 Å². The molecule has 36 heavy (non-hydrogen) atoms. The molecular weight excluding hydrogens is 562 g/mol. The van der Waals surface area contributed by atoms with Crippen LogP contribution in [0.4, 0.5) is 26.3 Å². The van der Waals surface area contributed by atoms with E-state index < -0.39 is 35.0 Å². The highest BCUT2D eigenvalue weighted by Gasteiger charge is 2.73. The minimum Gasteiger partial charge on any atom is -0.235 e. The summed E-state index contributed by atoms with van der Waals surface area (Å²) in [7, 11) is 0. The van der Waals surface area contributed by atoms with Crippen molar-refractivity contribution in [1.82, 2.24) is 0 Å². The lowest BCUT2D eigenvalue weighted by molar-refractivity contribution is -0.137. The Morgan fingerprint density at radius 3 is 1.56 bits per heavy atom. The summed E-state index contributed by atoms with van der Waals surface area (Å²) in [6, 6.07) is 0. The summed E-state index contributed by atoms with van der Waals surface area (Å²) in [6.07, 6.45) is 16.0. The SMILES string of the molecule is CCCCCCCCCCCCCCCCCCc1c(Br)sc(C)c1C1(F)C(F)C(F)=C(F)C1(F)F. The fraction of sp³-hybridized carbons (Fsp3) is 0.786. The molecule has 8 heteroatoms. The van der Waals surface area contributed by atoms with Crippen LogP contribution in [0.3, 0.4) is 0 Å². The molecule has 0 fully saturated rings. The topological polar surface area (TPSA) is 0 Å². The second-order valence-electron chi connectivity index (χ2n) is 10.1. The van der Waals surface area contributed by atoms with Gasteiger partial charge in [0.15, 0.2) is 12.0 Å². The van der Waals surface area contributed by atoms with Crippen molar-refractivity contribution < 1.29 is 26.3 Å². The van der Waals surface area contributed by atoms with Crippen molar-refractivity contribution in [3.63, 3.8) is 0 Å². The molecule has 0 aliphatic heterocycles. The quantitative estimate of drug-likeness (QED) is 0.116. The van der Waals surface area contributed by atoms with Crippen LogP contribution in [0.2, 0.25) is 0 Å². The van der Waals surface area contributed by atoms with Crippen molar-refractivity contribution >= 4 is 27.3 Å². The first kappa shape index (κ1) is 31.7. The zero-order valence-electron chi connectivity index (χ0n) is 21.7. The van der Waals surface area contributed by atoms with Crippen molar-refractivity contribution in [2.24, 2.45) is 0 Å². The van der Waals surface area contributed by atoms with Gasteiger partial charge in [-0.3, -0.25) is 0 Å². The summed E-state index contributed by atoms with van der Waals surface area (Å²) in [6.45, 7) is 3.61. The summed E-state index contributed by atoms with van der Waals surface area (Å²) in [4.78, 5) is 0.0979. The van der Waals surface area contributed by atoms with Gasteiger partial charge in [0.1, 0.15) is 0 Å². The minimum atomic E-state index is -4.88. The highest BCUT2D eigenvalue weighted by atomic mass is 79.9. The molecule has 1 heterocycles. The van der Waals surface area contributed by atoms with Crippen LogP contribution in [0.5, 0.6) is 0 Å². The Bertz CT molecular complexity index is 836. The zero-order valence-corrected chi connectivity index (χ0v) is 24.1. The molecule has 0 saturated carbocycles. The van der Waals surface area contributed by atoms with Gasteiger partial charge in [0.25, 0.3) is 0 Å². The van der Waals surface area contributed by atoms with Crippen LogP contribution in [-0.4, -0.2) is 12.1 Å². The van der Waals surface area contributed by atoms with Gasteiger partial charge in [0, 0.05) is 10.4 Å². The van der Waals surface area contributed by atoms with Crippen molar-refractivity contribution in [3.05, 3.63) is 31.4 Å². The molecule has 0 aromatic carbocycles. The fourth-order valence-electron chi connectivity index (χ4n) is 5.15. The van der Waals surface area contributed by atoms with E-state index >= 15 is 4.39 Å². The number of hydrogen-bond acceptors (Lipinski definition) is 1. The standard InChI is InChI=1S/C28H41BrF6S/c1-3-4-5-6-7-8-9-10-11-12-13-14-15-16-17-18-19-21-22(20(2)36-26(21)29)27(33)24(31)23(30)25(32)28(27,34)35/h24H,3-19H2,1-2H3. The number of aryl methyl sites for hydroxylation is 1. The second-order valence-corrected chi connectivity index (χ2v) is 12.7. The summed E-state index contributed by atoms with van der Waals surface area (Å²) in [5.74, 6) is -9.88.